The summed E-state index contributed by atoms with van der Waals surface area (Å²) in [5.74, 6) is 0. The molecule has 1 aliphatic rings. The van der Waals surface area contributed by atoms with Gasteiger partial charge in [0.1, 0.15) is 0 Å². The van der Waals surface area contributed by atoms with Crippen LogP contribution >= 0.6 is 0 Å². The Morgan fingerprint density at radius 3 is 1.95 bits per heavy atom. The van der Waals surface area contributed by atoms with Gasteiger partial charge in [0.2, 0.25) is 0 Å². The second-order valence-corrected chi connectivity index (χ2v) is 11.4. The normalized spacial score (nSPS) is 13.4. The lowest BCUT2D eigenvalue weighted by Gasteiger charge is -2.29. The van der Waals surface area contributed by atoms with E-state index in [0.29, 0.717) is 0 Å². The average molecular weight is 512 g/mol. The molecule has 0 saturated carbocycles. The lowest BCUT2D eigenvalue weighted by molar-refractivity contribution is 0.660. The Hall–Kier alpha value is -4.88. The van der Waals surface area contributed by atoms with E-state index in [2.05, 4.69) is 158 Å². The molecule has 0 amide bonds. The Morgan fingerprint density at radius 1 is 0.450 bits per heavy atom. The van der Waals surface area contributed by atoms with Crippen molar-refractivity contribution in [1.29, 1.82) is 0 Å². The Kier molecular flexibility index (Phi) is 4.93. The molecule has 0 N–H and O–H groups in total. The molecule has 1 nitrogen and oxygen atoms in total. The van der Waals surface area contributed by atoms with E-state index in [1.165, 1.54) is 65.9 Å². The van der Waals surface area contributed by atoms with E-state index in [-0.39, 0.29) is 5.41 Å². The minimum absolute atomic E-state index is 0.0609. The van der Waals surface area contributed by atoms with Crippen LogP contribution in [0.5, 0.6) is 0 Å². The highest BCUT2D eigenvalue weighted by atomic mass is 15.1. The first-order valence-electron chi connectivity index (χ1n) is 14.0. The quantitative estimate of drug-likeness (QED) is 0.213. The molecular formula is C39H29N. The smallest absolute Gasteiger partial charge is 0.0546 e. The van der Waals surface area contributed by atoms with Crippen LogP contribution in [0, 0.1) is 0 Å². The van der Waals surface area contributed by atoms with E-state index in [9.17, 15) is 0 Å². The number of hydrogen-bond acceptors (Lipinski definition) is 1. The van der Waals surface area contributed by atoms with Gasteiger partial charge in [0, 0.05) is 22.2 Å². The maximum Gasteiger partial charge on any atom is 0.0546 e. The van der Waals surface area contributed by atoms with Crippen LogP contribution in [0.15, 0.2) is 140 Å². The van der Waals surface area contributed by atoms with Gasteiger partial charge in [0.25, 0.3) is 0 Å². The maximum atomic E-state index is 2.44. The summed E-state index contributed by atoms with van der Waals surface area (Å²) in [6.07, 6.45) is 0. The van der Waals surface area contributed by atoms with E-state index >= 15 is 0 Å². The number of rotatable bonds is 3. The molecule has 8 rings (SSSR count). The summed E-state index contributed by atoms with van der Waals surface area (Å²) in [5, 5.41) is 7.66. The summed E-state index contributed by atoms with van der Waals surface area (Å²) in [4.78, 5) is 2.44. The Morgan fingerprint density at radius 2 is 1.10 bits per heavy atom. The van der Waals surface area contributed by atoms with Crippen molar-refractivity contribution in [1.82, 2.24) is 0 Å². The fourth-order valence-corrected chi connectivity index (χ4v) is 6.88. The maximum absolute atomic E-state index is 2.44. The van der Waals surface area contributed by atoms with Crippen molar-refractivity contribution in [3.05, 3.63) is 151 Å². The summed E-state index contributed by atoms with van der Waals surface area (Å²) in [6, 6.07) is 51.2. The molecule has 0 aliphatic heterocycles. The largest absolute Gasteiger partial charge is 0.310 e. The standard InChI is InChI=1S/C39H29N/c1-39(2)35-19-11-10-16-31(35)32-23-22-29(25-36(32)39)40(28-13-4-3-5-14-28)37-24-27-21-20-26-12-6-7-15-30(26)38(27)34-18-9-8-17-33(34)37/h3-25H,1-2H3. The molecule has 1 heteroatoms. The van der Waals surface area contributed by atoms with E-state index in [1.54, 1.807) is 0 Å². The molecule has 7 aromatic rings. The molecule has 1 aliphatic carbocycles. The molecule has 0 spiro atoms. The fraction of sp³-hybridized carbons (Fsp3) is 0.0769. The highest BCUT2D eigenvalue weighted by Crippen LogP contribution is 2.51. The zero-order chi connectivity index (χ0) is 26.8. The zero-order valence-corrected chi connectivity index (χ0v) is 22.7. The number of fused-ring (bicyclic) bond motifs is 8. The molecule has 0 bridgehead atoms. The van der Waals surface area contributed by atoms with Crippen molar-refractivity contribution in [2.75, 3.05) is 4.90 Å². The molecule has 0 radical (unpaired) electrons. The number of para-hydroxylation sites is 1. The summed E-state index contributed by atoms with van der Waals surface area (Å²) in [6.45, 7) is 4.70. The van der Waals surface area contributed by atoms with Crippen LogP contribution in [-0.2, 0) is 5.41 Å². The predicted octanol–water partition coefficient (Wildman–Crippen LogP) is 10.9. The number of anilines is 3. The van der Waals surface area contributed by atoms with Crippen LogP contribution in [0.4, 0.5) is 17.1 Å². The van der Waals surface area contributed by atoms with Crippen molar-refractivity contribution >= 4 is 49.4 Å². The summed E-state index contributed by atoms with van der Waals surface area (Å²) < 4.78 is 0. The summed E-state index contributed by atoms with van der Waals surface area (Å²) in [7, 11) is 0. The van der Waals surface area contributed by atoms with Gasteiger partial charge in [-0.2, -0.15) is 0 Å². The van der Waals surface area contributed by atoms with E-state index in [0.717, 1.165) is 5.69 Å². The van der Waals surface area contributed by atoms with Crippen molar-refractivity contribution in [3.8, 4) is 11.1 Å². The molecular weight excluding hydrogens is 482 g/mol. The third-order valence-corrected chi connectivity index (χ3v) is 8.81. The molecule has 190 valence electrons. The molecule has 0 aromatic heterocycles. The molecule has 0 heterocycles. The summed E-state index contributed by atoms with van der Waals surface area (Å²) in [5.41, 5.74) is 8.93. The Balaban J connectivity index is 1.43. The second-order valence-electron chi connectivity index (χ2n) is 11.4. The SMILES string of the molecule is CC1(C)c2ccccc2-c2ccc(N(c3ccccc3)c3cc4ccc5ccccc5c4c4ccccc34)cc21. The monoisotopic (exact) mass is 511 g/mol. The zero-order valence-electron chi connectivity index (χ0n) is 22.7. The van der Waals surface area contributed by atoms with E-state index < -0.39 is 0 Å². The van der Waals surface area contributed by atoms with Gasteiger partial charge in [-0.3, -0.25) is 0 Å². The van der Waals surface area contributed by atoms with Gasteiger partial charge in [-0.25, -0.2) is 0 Å². The first-order valence-corrected chi connectivity index (χ1v) is 14.0. The third kappa shape index (κ3) is 3.28. The Labute approximate surface area is 234 Å². The highest BCUT2D eigenvalue weighted by Gasteiger charge is 2.35. The Bertz CT molecular complexity index is 2080. The highest BCUT2D eigenvalue weighted by molar-refractivity contribution is 6.23. The van der Waals surface area contributed by atoms with E-state index in [4.69, 9.17) is 0 Å². The van der Waals surface area contributed by atoms with Gasteiger partial charge < -0.3 is 4.90 Å². The second kappa shape index (κ2) is 8.56. The third-order valence-electron chi connectivity index (χ3n) is 8.81. The first kappa shape index (κ1) is 23.0. The van der Waals surface area contributed by atoms with Gasteiger partial charge in [-0.1, -0.05) is 123 Å². The molecule has 7 aromatic carbocycles. The topological polar surface area (TPSA) is 3.24 Å². The van der Waals surface area contributed by atoms with Crippen molar-refractivity contribution in [2.24, 2.45) is 0 Å². The van der Waals surface area contributed by atoms with Gasteiger partial charge in [0.15, 0.2) is 0 Å². The molecule has 0 atom stereocenters. The number of benzene rings is 7. The van der Waals surface area contributed by atoms with Gasteiger partial charge in [0.05, 0.1) is 5.69 Å². The van der Waals surface area contributed by atoms with Crippen molar-refractivity contribution in [2.45, 2.75) is 19.3 Å². The lowest BCUT2D eigenvalue weighted by Crippen LogP contribution is -2.16. The first-order chi connectivity index (χ1) is 19.6. The van der Waals surface area contributed by atoms with Gasteiger partial charge in [-0.05, 0) is 79.5 Å². The van der Waals surface area contributed by atoms with Crippen LogP contribution in [-0.4, -0.2) is 0 Å². The van der Waals surface area contributed by atoms with Crippen LogP contribution in [0.2, 0.25) is 0 Å². The van der Waals surface area contributed by atoms with Crippen LogP contribution in [0.25, 0.3) is 43.4 Å². The van der Waals surface area contributed by atoms with E-state index in [1.807, 2.05) is 0 Å². The average Bonchev–Trinajstić information content (AvgIpc) is 3.24. The molecule has 0 saturated heterocycles. The number of nitrogens with zero attached hydrogens (tertiary/aromatic N) is 1. The van der Waals surface area contributed by atoms with Crippen molar-refractivity contribution in [3.63, 3.8) is 0 Å². The predicted molar refractivity (Wildman–Crippen MR) is 171 cm³/mol. The number of hydrogen-bond donors (Lipinski definition) is 0. The summed E-state index contributed by atoms with van der Waals surface area (Å²) >= 11 is 0. The van der Waals surface area contributed by atoms with Gasteiger partial charge in [-0.15, -0.1) is 0 Å². The van der Waals surface area contributed by atoms with Crippen LogP contribution in [0.1, 0.15) is 25.0 Å². The fourth-order valence-electron chi connectivity index (χ4n) is 6.88. The van der Waals surface area contributed by atoms with Gasteiger partial charge >= 0.3 is 0 Å². The minimum Gasteiger partial charge on any atom is -0.310 e. The molecule has 40 heavy (non-hydrogen) atoms. The van der Waals surface area contributed by atoms with Crippen LogP contribution in [0.3, 0.4) is 0 Å². The minimum atomic E-state index is -0.0609. The molecule has 0 fully saturated rings. The van der Waals surface area contributed by atoms with Crippen molar-refractivity contribution < 1.29 is 0 Å². The van der Waals surface area contributed by atoms with Crippen LogP contribution < -0.4 is 4.90 Å². The lowest BCUT2D eigenvalue weighted by atomic mass is 9.82. The molecule has 0 unspecified atom stereocenters.